The predicted octanol–water partition coefficient (Wildman–Crippen LogP) is 3.08. The van der Waals surface area contributed by atoms with Crippen molar-refractivity contribution in [1.82, 2.24) is 16.0 Å². The van der Waals surface area contributed by atoms with Crippen LogP contribution >= 0.6 is 0 Å². The molecule has 0 spiro atoms. The Hall–Kier alpha value is -3.14. The molecule has 5 N–H and O–H groups in total. The second kappa shape index (κ2) is 36.7. The first-order valence-corrected chi connectivity index (χ1v) is 16.6. The summed E-state index contributed by atoms with van der Waals surface area (Å²) in [5, 5.41) is 25.0. The summed E-state index contributed by atoms with van der Waals surface area (Å²) in [5.41, 5.74) is -1.97. The maximum absolute atomic E-state index is 11.7. The van der Waals surface area contributed by atoms with E-state index in [-0.39, 0.29) is 37.2 Å². The third-order valence-corrected chi connectivity index (χ3v) is 5.22. The number of carboxylic acid groups (broad SMARTS) is 2. The van der Waals surface area contributed by atoms with Gasteiger partial charge in [-0.2, -0.15) is 0 Å². The third-order valence-electron chi connectivity index (χ3n) is 5.22. The molecule has 0 rings (SSSR count). The molecule has 0 atom stereocenters. The van der Waals surface area contributed by atoms with Crippen LogP contribution in [0.1, 0.15) is 95.9 Å². The highest BCUT2D eigenvalue weighted by Crippen LogP contribution is 2.33. The maximum atomic E-state index is 11.7. The van der Waals surface area contributed by atoms with E-state index >= 15 is 0 Å². The molecule has 0 saturated carbocycles. The number of carbonyl (C=O) groups excluding carboxylic acids is 4. The smallest absolute Gasteiger partial charge is 0.322 e. The van der Waals surface area contributed by atoms with Gasteiger partial charge in [0, 0.05) is 24.9 Å². The molecule has 15 heteroatoms. The number of ether oxygens (including phenoxy) is 4. The number of Topliss-reactive ketones (excluding diaryl/α,β-unsaturated/α-hetero) is 1. The molecule has 0 aliphatic heterocycles. The molecule has 0 bridgehead atoms. The number of aliphatic carboxylic acids is 2. The minimum atomic E-state index is -1.13. The molecule has 15 nitrogen and oxygen atoms in total. The Morgan fingerprint density at radius 2 is 1.00 bits per heavy atom. The molecule has 0 aliphatic rings. The van der Waals surface area contributed by atoms with Gasteiger partial charge in [-0.1, -0.05) is 62.3 Å². The third kappa shape index (κ3) is 39.0. The van der Waals surface area contributed by atoms with Gasteiger partial charge in [-0.15, -0.1) is 0 Å². The summed E-state index contributed by atoms with van der Waals surface area (Å²) in [6.45, 7) is 24.1. The van der Waals surface area contributed by atoms with Crippen LogP contribution in [0.15, 0.2) is 0 Å². The van der Waals surface area contributed by atoms with E-state index < -0.39 is 35.2 Å². The minimum Gasteiger partial charge on any atom is -0.481 e. The normalized spacial score (nSPS) is 10.1. The number of carbonyl (C=O) groups is 6. The number of hydrogen-bond acceptors (Lipinski definition) is 10. The lowest BCUT2D eigenvalue weighted by Crippen LogP contribution is -2.43. The number of nitrogens with one attached hydrogen (secondary N) is 3. The van der Waals surface area contributed by atoms with Crippen LogP contribution in [0.3, 0.4) is 0 Å². The summed E-state index contributed by atoms with van der Waals surface area (Å²) in [5.74, 6) is -2.85. The Labute approximate surface area is 288 Å². The predicted molar refractivity (Wildman–Crippen MR) is 185 cm³/mol. The maximum Gasteiger partial charge on any atom is 0.322 e. The van der Waals surface area contributed by atoms with Gasteiger partial charge in [0.05, 0.1) is 45.1 Å². The number of amides is 3. The average Bonchev–Trinajstić information content (AvgIpc) is 3.04. The molecule has 0 aromatic heterocycles. The Morgan fingerprint density at radius 1 is 0.583 bits per heavy atom. The van der Waals surface area contributed by atoms with Crippen molar-refractivity contribution in [2.24, 2.45) is 10.8 Å². The molecule has 286 valence electrons. The molecule has 0 saturated heterocycles. The second-order valence-electron chi connectivity index (χ2n) is 10.4. The van der Waals surface area contributed by atoms with Crippen molar-refractivity contribution >= 4 is 35.4 Å². The van der Waals surface area contributed by atoms with E-state index in [9.17, 15) is 28.8 Å². The van der Waals surface area contributed by atoms with Crippen LogP contribution in [-0.2, 0) is 47.7 Å². The van der Waals surface area contributed by atoms with Gasteiger partial charge in [-0.05, 0) is 27.2 Å². The molecular weight excluding hydrogens is 630 g/mol. The Morgan fingerprint density at radius 3 is 1.40 bits per heavy atom. The van der Waals surface area contributed by atoms with Crippen LogP contribution in [-0.4, -0.2) is 118 Å². The molecular formula is C33H67N3O12. The molecule has 48 heavy (non-hydrogen) atoms. The van der Waals surface area contributed by atoms with Crippen molar-refractivity contribution in [2.45, 2.75) is 95.9 Å². The first-order chi connectivity index (χ1) is 22.5. The fourth-order valence-electron chi connectivity index (χ4n) is 3.18. The van der Waals surface area contributed by atoms with Gasteiger partial charge in [-0.3, -0.25) is 28.8 Å². The zero-order chi connectivity index (χ0) is 38.6. The van der Waals surface area contributed by atoms with Gasteiger partial charge in [-0.25, -0.2) is 0 Å². The Bertz CT molecular complexity index is 850. The lowest BCUT2D eigenvalue weighted by Gasteiger charge is -2.30. The molecule has 3 amide bonds. The van der Waals surface area contributed by atoms with Gasteiger partial charge in [0.25, 0.3) is 0 Å². The van der Waals surface area contributed by atoms with Gasteiger partial charge < -0.3 is 45.1 Å². The Balaban J connectivity index is -0.000000233. The van der Waals surface area contributed by atoms with Gasteiger partial charge in [0.2, 0.25) is 17.7 Å². The number of rotatable bonds is 23. The zero-order valence-electron chi connectivity index (χ0n) is 31.7. The van der Waals surface area contributed by atoms with Crippen molar-refractivity contribution in [2.75, 3.05) is 72.5 Å². The molecule has 0 unspecified atom stereocenters. The minimum absolute atomic E-state index is 0.0101. The monoisotopic (exact) mass is 697 g/mol. The SMILES string of the molecule is CC.CC.CC.CC(C)(CC(C)(C)C(=O)NCC(=O)O)C(=O)O.CCC(=O)NCCOCCOCC(=O)NCCOCCOCC(C)=O. The number of ketones is 1. The van der Waals surface area contributed by atoms with Crippen LogP contribution in [0.2, 0.25) is 0 Å². The summed E-state index contributed by atoms with van der Waals surface area (Å²) >= 11 is 0. The van der Waals surface area contributed by atoms with Gasteiger partial charge in [0.15, 0.2) is 5.78 Å². The first-order valence-electron chi connectivity index (χ1n) is 16.6. The van der Waals surface area contributed by atoms with Crippen LogP contribution in [0.5, 0.6) is 0 Å². The topological polar surface area (TPSA) is 216 Å². The van der Waals surface area contributed by atoms with Crippen LogP contribution < -0.4 is 16.0 Å². The molecule has 0 aromatic rings. The van der Waals surface area contributed by atoms with E-state index in [1.165, 1.54) is 20.8 Å². The highest BCUT2D eigenvalue weighted by atomic mass is 16.5. The number of carboxylic acids is 2. The lowest BCUT2D eigenvalue weighted by molar-refractivity contribution is -0.150. The summed E-state index contributed by atoms with van der Waals surface area (Å²) in [4.78, 5) is 66.0. The van der Waals surface area contributed by atoms with E-state index in [1.807, 2.05) is 41.5 Å². The van der Waals surface area contributed by atoms with Crippen LogP contribution in [0.25, 0.3) is 0 Å². The van der Waals surface area contributed by atoms with Gasteiger partial charge >= 0.3 is 11.9 Å². The zero-order valence-corrected chi connectivity index (χ0v) is 31.7. The summed E-state index contributed by atoms with van der Waals surface area (Å²) < 4.78 is 20.7. The fraction of sp³-hybridized carbons (Fsp3) is 0.818. The average molecular weight is 698 g/mol. The summed E-state index contributed by atoms with van der Waals surface area (Å²) in [6, 6.07) is 0. The standard InChI is InChI=1S/C16H30N2O7.C11H19NO5.3C2H6/c1-3-15(20)17-4-6-22-9-11-25-13-16(21)18-5-7-23-8-10-24-12-14(2)19;1-10(2,6-11(3,4)9(16)17)8(15)12-5-7(13)14;3*1-2/h3-13H2,1-2H3,(H,17,20)(H,18,21);5-6H2,1-4H3,(H,12,15)(H,13,14)(H,16,17);3*1-2H3. The first kappa shape index (κ1) is 54.3. The summed E-state index contributed by atoms with van der Waals surface area (Å²) in [6.07, 6.45) is 0.581. The van der Waals surface area contributed by atoms with Crippen molar-refractivity contribution in [3.63, 3.8) is 0 Å². The van der Waals surface area contributed by atoms with Gasteiger partial charge in [0.1, 0.15) is 19.8 Å². The van der Waals surface area contributed by atoms with E-state index in [4.69, 9.17) is 29.2 Å². The quantitative estimate of drug-likeness (QED) is 0.0974. The summed E-state index contributed by atoms with van der Waals surface area (Å²) in [7, 11) is 0. The van der Waals surface area contributed by atoms with E-state index in [2.05, 4.69) is 16.0 Å². The van der Waals surface area contributed by atoms with Crippen molar-refractivity contribution < 1.29 is 57.9 Å². The van der Waals surface area contributed by atoms with Crippen LogP contribution in [0, 0.1) is 10.8 Å². The fourth-order valence-corrected chi connectivity index (χ4v) is 3.18. The molecule has 0 aromatic carbocycles. The van der Waals surface area contributed by atoms with Crippen molar-refractivity contribution in [3.8, 4) is 0 Å². The van der Waals surface area contributed by atoms with Crippen molar-refractivity contribution in [3.05, 3.63) is 0 Å². The molecule has 0 radical (unpaired) electrons. The Kier molecular flexibility index (Phi) is 41.5. The van der Waals surface area contributed by atoms with E-state index in [1.54, 1.807) is 20.8 Å². The highest BCUT2D eigenvalue weighted by molar-refractivity contribution is 5.86. The molecule has 0 aliphatic carbocycles. The molecule has 0 fully saturated rings. The highest BCUT2D eigenvalue weighted by Gasteiger charge is 2.38. The second-order valence-corrected chi connectivity index (χ2v) is 10.4. The largest absolute Gasteiger partial charge is 0.481 e. The number of hydrogen-bond donors (Lipinski definition) is 5. The lowest BCUT2D eigenvalue weighted by atomic mass is 9.74. The van der Waals surface area contributed by atoms with E-state index in [0.29, 0.717) is 59.2 Å². The van der Waals surface area contributed by atoms with Crippen LogP contribution in [0.4, 0.5) is 0 Å². The van der Waals surface area contributed by atoms with E-state index in [0.717, 1.165) is 0 Å². The molecule has 0 heterocycles. The van der Waals surface area contributed by atoms with Crippen molar-refractivity contribution in [1.29, 1.82) is 0 Å².